The van der Waals surface area contributed by atoms with Crippen molar-refractivity contribution in [3.05, 3.63) is 29.3 Å². The van der Waals surface area contributed by atoms with E-state index in [9.17, 15) is 0 Å². The first-order valence-electron chi connectivity index (χ1n) is 6.70. The SMILES string of the molecule is CC1CC(Nc2cccc3c2CCCC3)C1. The van der Waals surface area contributed by atoms with Crippen LogP contribution in [0.5, 0.6) is 0 Å². The van der Waals surface area contributed by atoms with Crippen LogP contribution in [0.3, 0.4) is 0 Å². The molecule has 1 fully saturated rings. The van der Waals surface area contributed by atoms with Gasteiger partial charge >= 0.3 is 0 Å². The molecule has 0 unspecified atom stereocenters. The van der Waals surface area contributed by atoms with Crippen molar-refractivity contribution in [3.63, 3.8) is 0 Å². The average molecular weight is 215 g/mol. The Morgan fingerprint density at radius 2 is 1.94 bits per heavy atom. The quantitative estimate of drug-likeness (QED) is 0.791. The molecule has 1 aromatic carbocycles. The molecule has 0 aromatic heterocycles. The number of hydrogen-bond acceptors (Lipinski definition) is 1. The van der Waals surface area contributed by atoms with Gasteiger partial charge < -0.3 is 5.32 Å². The minimum absolute atomic E-state index is 0.739. The third kappa shape index (κ3) is 1.83. The number of anilines is 1. The molecule has 0 bridgehead atoms. The minimum Gasteiger partial charge on any atom is -0.382 e. The fraction of sp³-hybridized carbons (Fsp3) is 0.600. The van der Waals surface area contributed by atoms with Crippen LogP contribution in [-0.2, 0) is 12.8 Å². The van der Waals surface area contributed by atoms with Crippen molar-refractivity contribution in [3.8, 4) is 0 Å². The molecule has 1 N–H and O–H groups in total. The van der Waals surface area contributed by atoms with Crippen LogP contribution >= 0.6 is 0 Å². The van der Waals surface area contributed by atoms with Gasteiger partial charge in [-0.25, -0.2) is 0 Å². The molecular weight excluding hydrogens is 194 g/mol. The summed E-state index contributed by atoms with van der Waals surface area (Å²) in [5.74, 6) is 0.928. The van der Waals surface area contributed by atoms with Gasteiger partial charge in [-0.3, -0.25) is 0 Å². The Bertz CT molecular complexity index is 377. The molecule has 0 spiro atoms. The number of rotatable bonds is 2. The van der Waals surface area contributed by atoms with Crippen LogP contribution in [0.15, 0.2) is 18.2 Å². The Morgan fingerprint density at radius 1 is 1.12 bits per heavy atom. The van der Waals surface area contributed by atoms with Crippen molar-refractivity contribution in [1.82, 2.24) is 0 Å². The molecule has 0 atom stereocenters. The van der Waals surface area contributed by atoms with E-state index < -0.39 is 0 Å². The molecule has 1 heteroatoms. The van der Waals surface area contributed by atoms with Crippen molar-refractivity contribution >= 4 is 5.69 Å². The highest BCUT2D eigenvalue weighted by Gasteiger charge is 2.26. The number of nitrogens with one attached hydrogen (secondary N) is 1. The van der Waals surface area contributed by atoms with E-state index in [1.165, 1.54) is 44.2 Å². The summed E-state index contributed by atoms with van der Waals surface area (Å²) in [6, 6.07) is 7.54. The molecule has 1 nitrogen and oxygen atoms in total. The summed E-state index contributed by atoms with van der Waals surface area (Å²) in [5, 5.41) is 3.74. The molecule has 0 amide bonds. The van der Waals surface area contributed by atoms with Gasteiger partial charge in [0, 0.05) is 11.7 Å². The van der Waals surface area contributed by atoms with Gasteiger partial charge in [-0.05, 0) is 61.6 Å². The van der Waals surface area contributed by atoms with Gasteiger partial charge in [0.15, 0.2) is 0 Å². The number of hydrogen-bond donors (Lipinski definition) is 1. The first kappa shape index (κ1) is 10.2. The standard InChI is InChI=1S/C15H21N/c1-11-9-13(10-11)16-15-8-4-6-12-5-2-3-7-14(12)15/h4,6,8,11,13,16H,2-3,5,7,9-10H2,1H3. The normalized spacial score (nSPS) is 28.1. The molecule has 2 aliphatic carbocycles. The Morgan fingerprint density at radius 3 is 2.75 bits per heavy atom. The predicted molar refractivity (Wildman–Crippen MR) is 68.9 cm³/mol. The van der Waals surface area contributed by atoms with Gasteiger partial charge in [0.05, 0.1) is 0 Å². The third-order valence-electron chi connectivity index (χ3n) is 4.13. The number of benzene rings is 1. The van der Waals surface area contributed by atoms with Gasteiger partial charge in [0.1, 0.15) is 0 Å². The Kier molecular flexibility index (Phi) is 2.62. The lowest BCUT2D eigenvalue weighted by Crippen LogP contribution is -2.34. The first-order valence-corrected chi connectivity index (χ1v) is 6.70. The zero-order chi connectivity index (χ0) is 11.0. The van der Waals surface area contributed by atoms with E-state index in [0.717, 1.165) is 12.0 Å². The van der Waals surface area contributed by atoms with Crippen molar-refractivity contribution in [2.75, 3.05) is 5.32 Å². The van der Waals surface area contributed by atoms with E-state index in [1.807, 2.05) is 0 Å². The van der Waals surface area contributed by atoms with Crippen LogP contribution < -0.4 is 5.32 Å². The maximum Gasteiger partial charge on any atom is 0.0377 e. The summed E-state index contributed by atoms with van der Waals surface area (Å²) in [5.41, 5.74) is 4.62. The van der Waals surface area contributed by atoms with E-state index in [0.29, 0.717) is 0 Å². The van der Waals surface area contributed by atoms with Crippen LogP contribution in [0.4, 0.5) is 5.69 Å². The largest absolute Gasteiger partial charge is 0.382 e. The van der Waals surface area contributed by atoms with Crippen molar-refractivity contribution in [1.29, 1.82) is 0 Å². The number of aryl methyl sites for hydroxylation is 1. The summed E-state index contributed by atoms with van der Waals surface area (Å²) in [4.78, 5) is 0. The molecule has 0 radical (unpaired) electrons. The monoisotopic (exact) mass is 215 g/mol. The van der Waals surface area contributed by atoms with Crippen LogP contribution in [0.25, 0.3) is 0 Å². The third-order valence-corrected chi connectivity index (χ3v) is 4.13. The molecule has 3 rings (SSSR count). The summed E-state index contributed by atoms with van der Waals surface area (Å²) in [6.45, 7) is 2.35. The van der Waals surface area contributed by atoms with E-state index in [4.69, 9.17) is 0 Å². The Balaban J connectivity index is 1.78. The van der Waals surface area contributed by atoms with Gasteiger partial charge in [-0.15, -0.1) is 0 Å². The van der Waals surface area contributed by atoms with Gasteiger partial charge in [0.25, 0.3) is 0 Å². The second-order valence-corrected chi connectivity index (χ2v) is 5.57. The van der Waals surface area contributed by atoms with Crippen molar-refractivity contribution in [2.45, 2.75) is 51.5 Å². The average Bonchev–Trinajstić information content (AvgIpc) is 2.27. The Labute approximate surface area is 98.3 Å². The van der Waals surface area contributed by atoms with Crippen LogP contribution in [-0.4, -0.2) is 6.04 Å². The molecule has 1 saturated carbocycles. The highest BCUT2D eigenvalue weighted by molar-refractivity contribution is 5.56. The molecule has 0 heterocycles. The zero-order valence-electron chi connectivity index (χ0n) is 10.1. The summed E-state index contributed by atoms with van der Waals surface area (Å²) >= 11 is 0. The lowest BCUT2D eigenvalue weighted by atomic mass is 9.81. The maximum atomic E-state index is 3.74. The second-order valence-electron chi connectivity index (χ2n) is 5.57. The van der Waals surface area contributed by atoms with Crippen molar-refractivity contribution in [2.24, 2.45) is 5.92 Å². The maximum absolute atomic E-state index is 3.74. The fourth-order valence-electron chi connectivity index (χ4n) is 3.16. The second kappa shape index (κ2) is 4.12. The first-order chi connectivity index (χ1) is 7.83. The summed E-state index contributed by atoms with van der Waals surface area (Å²) in [6.07, 6.45) is 8.00. The van der Waals surface area contributed by atoms with E-state index >= 15 is 0 Å². The van der Waals surface area contributed by atoms with E-state index in [2.05, 4.69) is 30.4 Å². The molecular formula is C15H21N. The molecule has 86 valence electrons. The van der Waals surface area contributed by atoms with E-state index in [-0.39, 0.29) is 0 Å². The van der Waals surface area contributed by atoms with Gasteiger partial charge in [-0.1, -0.05) is 19.1 Å². The molecule has 0 aliphatic heterocycles. The lowest BCUT2D eigenvalue weighted by molar-refractivity contribution is 0.309. The van der Waals surface area contributed by atoms with Gasteiger partial charge in [0.2, 0.25) is 0 Å². The minimum atomic E-state index is 0.739. The fourth-order valence-corrected chi connectivity index (χ4v) is 3.16. The van der Waals surface area contributed by atoms with Crippen LogP contribution in [0, 0.1) is 5.92 Å². The highest BCUT2D eigenvalue weighted by Crippen LogP contribution is 2.33. The smallest absolute Gasteiger partial charge is 0.0377 e. The zero-order valence-corrected chi connectivity index (χ0v) is 10.1. The van der Waals surface area contributed by atoms with Crippen molar-refractivity contribution < 1.29 is 0 Å². The summed E-state index contributed by atoms with van der Waals surface area (Å²) in [7, 11) is 0. The molecule has 1 aromatic rings. The lowest BCUT2D eigenvalue weighted by Gasteiger charge is -2.35. The Hall–Kier alpha value is -0.980. The number of fused-ring (bicyclic) bond motifs is 1. The van der Waals surface area contributed by atoms with Crippen LogP contribution in [0.2, 0.25) is 0 Å². The van der Waals surface area contributed by atoms with Crippen LogP contribution in [0.1, 0.15) is 43.7 Å². The highest BCUT2D eigenvalue weighted by atomic mass is 14.9. The topological polar surface area (TPSA) is 12.0 Å². The van der Waals surface area contributed by atoms with E-state index in [1.54, 1.807) is 11.1 Å². The molecule has 0 saturated heterocycles. The molecule has 2 aliphatic rings. The van der Waals surface area contributed by atoms with Gasteiger partial charge in [-0.2, -0.15) is 0 Å². The summed E-state index contributed by atoms with van der Waals surface area (Å²) < 4.78 is 0. The predicted octanol–water partition coefficient (Wildman–Crippen LogP) is 3.78. The molecule has 16 heavy (non-hydrogen) atoms.